The molecule has 4 amide bonds. The van der Waals surface area contributed by atoms with Crippen LogP contribution in [0, 0.1) is 0 Å². The number of imidazole rings is 1. The van der Waals surface area contributed by atoms with Gasteiger partial charge in [0.2, 0.25) is 11.8 Å². The molecule has 2 saturated heterocycles. The van der Waals surface area contributed by atoms with Crippen LogP contribution in [-0.2, 0) is 16.0 Å². The second-order valence-corrected chi connectivity index (χ2v) is 15.1. The number of aromatic amines is 1. The standard InChI is InChI=1S/C37H45Br2N9O4/c38-26-8-9-29(39)25(23-26)24-32(44-36(51)47-17-12-28(13-18-47)48-33-7-2-1-5-30(33)43-37(48)52)34(49)42-31(6-3-4-14-40)35(50)46-21-19-45(20-22-46)27-10-15-41-16-11-27/h1-2,5,7-11,15-16,23,28,31-32H,3-4,6,12-14,17-22,24,40H2,(H,42,49)(H,43,52)(H,44,51)/t31-,32+/m0/s1. The second-order valence-electron chi connectivity index (χ2n) is 13.3. The van der Waals surface area contributed by atoms with Gasteiger partial charge >= 0.3 is 11.7 Å². The molecule has 5 N–H and O–H groups in total. The SMILES string of the molecule is NCCCC[C@H](NC(=O)[C@@H](Cc1cc(Br)ccc1Br)NC(=O)N1CCC(n2c(=O)[nH]c3ccccc32)CC1)C(=O)N1CCN(c2ccncc2)CC1. The minimum Gasteiger partial charge on any atom is -0.368 e. The van der Waals surface area contributed by atoms with Gasteiger partial charge in [0.05, 0.1) is 11.0 Å². The van der Waals surface area contributed by atoms with Crippen LogP contribution in [0.15, 0.2) is 80.7 Å². The summed E-state index contributed by atoms with van der Waals surface area (Å²) >= 11 is 7.13. The quantitative estimate of drug-likeness (QED) is 0.156. The third-order valence-electron chi connectivity index (χ3n) is 9.97. The Bertz CT molecular complexity index is 1900. The van der Waals surface area contributed by atoms with Gasteiger partial charge in [0.1, 0.15) is 12.1 Å². The number of fused-ring (bicyclic) bond motifs is 1. The number of likely N-dealkylation sites (tertiary alicyclic amines) is 1. The molecule has 6 rings (SSSR count). The average molecular weight is 840 g/mol. The molecule has 4 aromatic rings. The van der Waals surface area contributed by atoms with E-state index in [4.69, 9.17) is 5.73 Å². The molecule has 0 spiro atoms. The molecule has 0 unspecified atom stereocenters. The Morgan fingerprint density at radius 2 is 1.62 bits per heavy atom. The van der Waals surface area contributed by atoms with Gasteiger partial charge in [-0.3, -0.25) is 19.1 Å². The van der Waals surface area contributed by atoms with Gasteiger partial charge in [-0.15, -0.1) is 0 Å². The summed E-state index contributed by atoms with van der Waals surface area (Å²) in [5, 5.41) is 6.03. The summed E-state index contributed by atoms with van der Waals surface area (Å²) in [5.74, 6) is -0.565. The Balaban J connectivity index is 1.14. The van der Waals surface area contributed by atoms with Crippen LogP contribution in [0.5, 0.6) is 0 Å². The lowest BCUT2D eigenvalue weighted by Gasteiger charge is -2.38. The topological polar surface area (TPSA) is 162 Å². The molecular weight excluding hydrogens is 794 g/mol. The second kappa shape index (κ2) is 17.5. The monoisotopic (exact) mass is 837 g/mol. The molecule has 2 aromatic carbocycles. The maximum atomic E-state index is 14.2. The number of piperazine rings is 1. The molecule has 2 fully saturated rings. The molecule has 4 heterocycles. The Hall–Kier alpha value is -4.21. The van der Waals surface area contributed by atoms with Crippen LogP contribution in [0.3, 0.4) is 0 Å². The van der Waals surface area contributed by atoms with E-state index in [1.165, 1.54) is 0 Å². The first kappa shape index (κ1) is 37.5. The van der Waals surface area contributed by atoms with E-state index in [-0.39, 0.29) is 30.1 Å². The third kappa shape index (κ3) is 9.04. The highest BCUT2D eigenvalue weighted by atomic mass is 79.9. The lowest BCUT2D eigenvalue weighted by Crippen LogP contribution is -2.59. The molecule has 2 aliphatic rings. The first-order valence-electron chi connectivity index (χ1n) is 17.8. The van der Waals surface area contributed by atoms with Crippen molar-refractivity contribution in [3.05, 3.63) is 92.0 Å². The van der Waals surface area contributed by atoms with E-state index in [0.29, 0.717) is 71.5 Å². The number of urea groups is 1. The minimum atomic E-state index is -0.958. The number of benzene rings is 2. The van der Waals surface area contributed by atoms with E-state index < -0.39 is 18.0 Å². The van der Waals surface area contributed by atoms with Crippen LogP contribution < -0.4 is 27.0 Å². The van der Waals surface area contributed by atoms with Crippen LogP contribution in [0.2, 0.25) is 0 Å². The number of H-pyrrole nitrogens is 1. The minimum absolute atomic E-state index is 0.0590. The van der Waals surface area contributed by atoms with Gasteiger partial charge in [-0.2, -0.15) is 0 Å². The van der Waals surface area contributed by atoms with Gasteiger partial charge in [-0.25, -0.2) is 9.59 Å². The number of amides is 4. The van der Waals surface area contributed by atoms with Crippen molar-refractivity contribution in [3.8, 4) is 0 Å². The number of aromatic nitrogens is 3. The van der Waals surface area contributed by atoms with Crippen LogP contribution in [0.25, 0.3) is 11.0 Å². The summed E-state index contributed by atoms with van der Waals surface area (Å²) in [7, 11) is 0. The number of para-hydroxylation sites is 2. The Kier molecular flexibility index (Phi) is 12.7. The number of piperidine rings is 1. The highest BCUT2D eigenvalue weighted by Crippen LogP contribution is 2.26. The van der Waals surface area contributed by atoms with Gasteiger partial charge in [0.15, 0.2) is 0 Å². The van der Waals surface area contributed by atoms with Crippen LogP contribution in [0.4, 0.5) is 10.5 Å². The summed E-state index contributed by atoms with van der Waals surface area (Å²) in [6, 6.07) is 15.1. The fourth-order valence-electron chi connectivity index (χ4n) is 7.12. The predicted octanol–water partition coefficient (Wildman–Crippen LogP) is 4.17. The maximum Gasteiger partial charge on any atom is 0.326 e. The molecule has 0 radical (unpaired) electrons. The van der Waals surface area contributed by atoms with Crippen LogP contribution >= 0.6 is 31.9 Å². The van der Waals surface area contributed by atoms with Crippen molar-refractivity contribution in [2.45, 2.75) is 56.7 Å². The molecule has 13 nitrogen and oxygen atoms in total. The molecule has 0 bridgehead atoms. The number of rotatable bonds is 12. The van der Waals surface area contributed by atoms with Gasteiger partial charge < -0.3 is 36.1 Å². The van der Waals surface area contributed by atoms with E-state index >= 15 is 0 Å². The van der Waals surface area contributed by atoms with Crippen molar-refractivity contribution < 1.29 is 14.4 Å². The number of nitrogens with two attached hydrogens (primary N) is 1. The van der Waals surface area contributed by atoms with Gasteiger partial charge in [0.25, 0.3) is 0 Å². The Labute approximate surface area is 319 Å². The van der Waals surface area contributed by atoms with E-state index in [0.717, 1.165) is 37.7 Å². The summed E-state index contributed by atoms with van der Waals surface area (Å²) in [6.07, 6.45) is 6.74. The van der Waals surface area contributed by atoms with E-state index in [1.54, 1.807) is 21.9 Å². The van der Waals surface area contributed by atoms with Crippen molar-refractivity contribution in [1.82, 2.24) is 35.0 Å². The normalized spacial score (nSPS) is 16.5. The zero-order chi connectivity index (χ0) is 36.6. The van der Waals surface area contributed by atoms with E-state index in [9.17, 15) is 19.2 Å². The number of halogens is 2. The molecule has 0 saturated carbocycles. The molecule has 2 atom stereocenters. The molecule has 2 aliphatic heterocycles. The molecule has 15 heteroatoms. The van der Waals surface area contributed by atoms with Gasteiger partial charge in [-0.1, -0.05) is 44.0 Å². The Morgan fingerprint density at radius 1 is 0.885 bits per heavy atom. The fraction of sp³-hybridized carbons (Fsp3) is 0.432. The number of pyridine rings is 1. The smallest absolute Gasteiger partial charge is 0.326 e. The predicted molar refractivity (Wildman–Crippen MR) is 208 cm³/mol. The van der Waals surface area contributed by atoms with Crippen molar-refractivity contribution >= 4 is 66.4 Å². The summed E-state index contributed by atoms with van der Waals surface area (Å²) in [4.78, 5) is 67.5. The Morgan fingerprint density at radius 3 is 2.35 bits per heavy atom. The van der Waals surface area contributed by atoms with Crippen molar-refractivity contribution in [3.63, 3.8) is 0 Å². The molecular formula is C37H45Br2N9O4. The third-order valence-corrected chi connectivity index (χ3v) is 11.2. The van der Waals surface area contributed by atoms with Gasteiger partial charge in [-0.05, 0) is 86.7 Å². The zero-order valence-electron chi connectivity index (χ0n) is 29.0. The van der Waals surface area contributed by atoms with E-state index in [2.05, 4.69) is 57.4 Å². The number of nitrogens with zero attached hydrogens (tertiary/aromatic N) is 5. The largest absolute Gasteiger partial charge is 0.368 e. The summed E-state index contributed by atoms with van der Waals surface area (Å²) in [5.41, 5.74) is 9.14. The van der Waals surface area contributed by atoms with Gasteiger partial charge in [0, 0.05) is 78.8 Å². The summed E-state index contributed by atoms with van der Waals surface area (Å²) < 4.78 is 3.42. The van der Waals surface area contributed by atoms with E-state index in [1.807, 2.05) is 59.5 Å². The number of hydrogen-bond donors (Lipinski definition) is 4. The maximum absolute atomic E-state index is 14.2. The van der Waals surface area contributed by atoms with Crippen molar-refractivity contribution in [2.75, 3.05) is 50.7 Å². The first-order valence-corrected chi connectivity index (χ1v) is 19.4. The highest BCUT2D eigenvalue weighted by molar-refractivity contribution is 9.11. The number of hydrogen-bond acceptors (Lipinski definition) is 7. The van der Waals surface area contributed by atoms with Crippen LogP contribution in [0.1, 0.15) is 43.7 Å². The lowest BCUT2D eigenvalue weighted by atomic mass is 10.0. The first-order chi connectivity index (χ1) is 25.2. The van der Waals surface area contributed by atoms with Crippen molar-refractivity contribution in [1.29, 1.82) is 0 Å². The number of carbonyl (C=O) groups is 3. The number of anilines is 1. The molecule has 52 heavy (non-hydrogen) atoms. The molecule has 0 aliphatic carbocycles. The number of carbonyl (C=O) groups excluding carboxylic acids is 3. The number of nitrogens with one attached hydrogen (secondary N) is 3. The fourth-order valence-corrected chi connectivity index (χ4v) is 7.93. The average Bonchev–Trinajstić information content (AvgIpc) is 3.51. The van der Waals surface area contributed by atoms with Crippen molar-refractivity contribution in [2.24, 2.45) is 5.73 Å². The summed E-state index contributed by atoms with van der Waals surface area (Å²) in [6.45, 7) is 3.71. The molecule has 276 valence electrons. The van der Waals surface area contributed by atoms with Crippen LogP contribution in [-0.4, -0.2) is 100 Å². The highest BCUT2D eigenvalue weighted by Gasteiger charge is 2.33. The molecule has 2 aromatic heterocycles. The lowest BCUT2D eigenvalue weighted by molar-refractivity contribution is -0.137. The number of unbranched alkanes of at least 4 members (excludes halogenated alkanes) is 1. The zero-order valence-corrected chi connectivity index (χ0v) is 32.1.